The van der Waals surface area contributed by atoms with Crippen LogP contribution in [0.15, 0.2) is 24.3 Å². The first-order valence-electron chi connectivity index (χ1n) is 9.05. The van der Waals surface area contributed by atoms with E-state index in [-0.39, 0.29) is 6.03 Å². The van der Waals surface area contributed by atoms with Crippen LogP contribution in [0.3, 0.4) is 0 Å². The molecule has 0 aromatic heterocycles. The molecule has 0 radical (unpaired) electrons. The second-order valence-corrected chi connectivity index (χ2v) is 6.84. The van der Waals surface area contributed by atoms with Crippen LogP contribution in [0.5, 0.6) is 5.75 Å². The second-order valence-electron chi connectivity index (χ2n) is 6.84. The first-order chi connectivity index (χ1) is 12.1. The Balaban J connectivity index is 1.76. The van der Waals surface area contributed by atoms with E-state index in [0.717, 1.165) is 44.0 Å². The van der Waals surface area contributed by atoms with E-state index < -0.39 is 0 Å². The molecular weight excluding hydrogens is 318 g/mol. The molecule has 6 heteroatoms. The third-order valence-electron chi connectivity index (χ3n) is 4.42. The van der Waals surface area contributed by atoms with Gasteiger partial charge in [0.2, 0.25) is 0 Å². The number of nitrogens with zero attached hydrogens (tertiary/aromatic N) is 1. The lowest BCUT2D eigenvalue weighted by molar-refractivity contribution is 0.0129. The lowest BCUT2D eigenvalue weighted by Crippen LogP contribution is -2.50. The van der Waals surface area contributed by atoms with Crippen molar-refractivity contribution in [3.05, 3.63) is 29.8 Å². The topological polar surface area (TPSA) is 62.8 Å². The van der Waals surface area contributed by atoms with Gasteiger partial charge in [0.1, 0.15) is 5.75 Å². The summed E-state index contributed by atoms with van der Waals surface area (Å²) in [7, 11) is 1.64. The number of hydrogen-bond donors (Lipinski definition) is 2. The summed E-state index contributed by atoms with van der Waals surface area (Å²) in [5.74, 6) is 1.41. The van der Waals surface area contributed by atoms with Crippen LogP contribution in [-0.4, -0.2) is 56.9 Å². The number of carbonyl (C=O) groups is 1. The zero-order valence-corrected chi connectivity index (χ0v) is 15.6. The molecule has 140 valence electrons. The maximum absolute atomic E-state index is 12.1. The Morgan fingerprint density at radius 3 is 2.48 bits per heavy atom. The zero-order chi connectivity index (χ0) is 18.1. The van der Waals surface area contributed by atoms with Crippen molar-refractivity contribution >= 4 is 6.03 Å². The SMILES string of the molecule is COc1ccc(CNC(=O)NCC(CC(C)C)N2CCOCC2)cc1. The molecule has 2 N–H and O–H groups in total. The predicted molar refractivity (Wildman–Crippen MR) is 98.9 cm³/mol. The third kappa shape index (κ3) is 6.92. The Morgan fingerprint density at radius 2 is 1.88 bits per heavy atom. The van der Waals surface area contributed by atoms with Crippen LogP contribution in [0.25, 0.3) is 0 Å². The second kappa shape index (κ2) is 10.3. The van der Waals surface area contributed by atoms with Crippen molar-refractivity contribution in [2.24, 2.45) is 5.92 Å². The minimum Gasteiger partial charge on any atom is -0.497 e. The summed E-state index contributed by atoms with van der Waals surface area (Å²) in [6.45, 7) is 9.03. The van der Waals surface area contributed by atoms with Crippen LogP contribution in [0, 0.1) is 5.92 Å². The van der Waals surface area contributed by atoms with Crippen LogP contribution >= 0.6 is 0 Å². The van der Waals surface area contributed by atoms with Crippen molar-refractivity contribution in [1.82, 2.24) is 15.5 Å². The first-order valence-corrected chi connectivity index (χ1v) is 9.05. The monoisotopic (exact) mass is 349 g/mol. The van der Waals surface area contributed by atoms with Gasteiger partial charge in [0.25, 0.3) is 0 Å². The van der Waals surface area contributed by atoms with Crippen LogP contribution in [0.4, 0.5) is 4.79 Å². The maximum atomic E-state index is 12.1. The first kappa shape index (κ1) is 19.5. The molecule has 2 amide bonds. The Bertz CT molecular complexity index is 513. The Morgan fingerprint density at radius 1 is 1.20 bits per heavy atom. The quantitative estimate of drug-likeness (QED) is 0.756. The van der Waals surface area contributed by atoms with Gasteiger partial charge in [0, 0.05) is 32.2 Å². The molecule has 1 saturated heterocycles. The van der Waals surface area contributed by atoms with E-state index in [1.807, 2.05) is 24.3 Å². The van der Waals surface area contributed by atoms with Gasteiger partial charge in [-0.15, -0.1) is 0 Å². The molecule has 0 spiro atoms. The van der Waals surface area contributed by atoms with Crippen molar-refractivity contribution in [3.8, 4) is 5.75 Å². The normalized spacial score (nSPS) is 16.5. The number of morpholine rings is 1. The molecule has 25 heavy (non-hydrogen) atoms. The molecule has 1 fully saturated rings. The summed E-state index contributed by atoms with van der Waals surface area (Å²) in [6, 6.07) is 7.93. The summed E-state index contributed by atoms with van der Waals surface area (Å²) in [4.78, 5) is 14.5. The predicted octanol–water partition coefficient (Wildman–Crippen LogP) is 2.24. The van der Waals surface area contributed by atoms with Crippen molar-refractivity contribution in [2.75, 3.05) is 40.0 Å². The van der Waals surface area contributed by atoms with Crippen LogP contribution in [-0.2, 0) is 11.3 Å². The van der Waals surface area contributed by atoms with Gasteiger partial charge in [-0.2, -0.15) is 0 Å². The molecule has 1 aliphatic heterocycles. The minimum absolute atomic E-state index is 0.127. The van der Waals surface area contributed by atoms with E-state index in [1.54, 1.807) is 7.11 Å². The lowest BCUT2D eigenvalue weighted by Gasteiger charge is -2.35. The summed E-state index contributed by atoms with van der Waals surface area (Å²) < 4.78 is 10.6. The average Bonchev–Trinajstić information content (AvgIpc) is 2.64. The number of carbonyl (C=O) groups excluding carboxylic acids is 1. The number of amides is 2. The van der Waals surface area contributed by atoms with E-state index in [2.05, 4.69) is 29.4 Å². The van der Waals surface area contributed by atoms with E-state index >= 15 is 0 Å². The van der Waals surface area contributed by atoms with Crippen molar-refractivity contribution in [3.63, 3.8) is 0 Å². The highest BCUT2D eigenvalue weighted by atomic mass is 16.5. The minimum atomic E-state index is -0.127. The molecular formula is C19H31N3O3. The average molecular weight is 349 g/mol. The summed E-state index contributed by atoms with van der Waals surface area (Å²) in [6.07, 6.45) is 1.07. The van der Waals surface area contributed by atoms with Gasteiger partial charge in [0.05, 0.1) is 20.3 Å². The number of urea groups is 1. The Kier molecular flexibility index (Phi) is 8.01. The maximum Gasteiger partial charge on any atom is 0.315 e. The van der Waals surface area contributed by atoms with Crippen LogP contribution in [0.2, 0.25) is 0 Å². The van der Waals surface area contributed by atoms with Gasteiger partial charge in [-0.25, -0.2) is 4.79 Å². The molecule has 1 unspecified atom stereocenters. The summed E-state index contributed by atoms with van der Waals surface area (Å²) in [5.41, 5.74) is 1.04. The molecule has 1 aromatic rings. The standard InChI is InChI=1S/C19H31N3O3/c1-15(2)12-17(22-8-10-25-11-9-22)14-21-19(23)20-13-16-4-6-18(24-3)7-5-16/h4-7,15,17H,8-14H2,1-3H3,(H2,20,21,23). The highest BCUT2D eigenvalue weighted by molar-refractivity contribution is 5.73. The van der Waals surface area contributed by atoms with Crippen molar-refractivity contribution < 1.29 is 14.3 Å². The number of rotatable bonds is 8. The van der Waals surface area contributed by atoms with E-state index in [9.17, 15) is 4.79 Å². The lowest BCUT2D eigenvalue weighted by atomic mass is 10.0. The van der Waals surface area contributed by atoms with E-state index in [0.29, 0.717) is 25.0 Å². The third-order valence-corrected chi connectivity index (χ3v) is 4.42. The van der Waals surface area contributed by atoms with Gasteiger partial charge in [-0.05, 0) is 30.0 Å². The number of ether oxygens (including phenoxy) is 2. The molecule has 1 aromatic carbocycles. The summed E-state index contributed by atoms with van der Waals surface area (Å²) in [5, 5.41) is 5.93. The van der Waals surface area contributed by atoms with Crippen molar-refractivity contribution in [1.29, 1.82) is 0 Å². The summed E-state index contributed by atoms with van der Waals surface area (Å²) >= 11 is 0. The number of methoxy groups -OCH3 is 1. The Hall–Kier alpha value is -1.79. The number of benzene rings is 1. The van der Waals surface area contributed by atoms with Gasteiger partial charge in [-0.3, -0.25) is 4.90 Å². The number of hydrogen-bond acceptors (Lipinski definition) is 4. The molecule has 2 rings (SSSR count). The van der Waals surface area contributed by atoms with E-state index in [4.69, 9.17) is 9.47 Å². The molecule has 6 nitrogen and oxygen atoms in total. The van der Waals surface area contributed by atoms with Gasteiger partial charge in [0.15, 0.2) is 0 Å². The van der Waals surface area contributed by atoms with Crippen LogP contribution < -0.4 is 15.4 Å². The molecule has 1 aliphatic rings. The number of nitrogens with one attached hydrogen (secondary N) is 2. The molecule has 0 bridgehead atoms. The fourth-order valence-electron chi connectivity index (χ4n) is 3.05. The molecule has 1 heterocycles. The highest BCUT2D eigenvalue weighted by Gasteiger charge is 2.22. The van der Waals surface area contributed by atoms with Crippen molar-refractivity contribution in [2.45, 2.75) is 32.9 Å². The molecule has 1 atom stereocenters. The molecule has 0 aliphatic carbocycles. The fourth-order valence-corrected chi connectivity index (χ4v) is 3.05. The highest BCUT2D eigenvalue weighted by Crippen LogP contribution is 2.13. The largest absolute Gasteiger partial charge is 0.497 e. The zero-order valence-electron chi connectivity index (χ0n) is 15.6. The smallest absolute Gasteiger partial charge is 0.315 e. The molecule has 0 saturated carbocycles. The Labute approximate surface area is 150 Å². The van der Waals surface area contributed by atoms with Gasteiger partial charge in [-0.1, -0.05) is 26.0 Å². The fraction of sp³-hybridized carbons (Fsp3) is 0.632. The van der Waals surface area contributed by atoms with Gasteiger partial charge >= 0.3 is 6.03 Å². The van der Waals surface area contributed by atoms with E-state index in [1.165, 1.54) is 0 Å². The van der Waals surface area contributed by atoms with Crippen LogP contribution in [0.1, 0.15) is 25.8 Å². The van der Waals surface area contributed by atoms with Gasteiger partial charge < -0.3 is 20.1 Å².